The van der Waals surface area contributed by atoms with Gasteiger partial charge in [0.1, 0.15) is 0 Å². The molecule has 2 N–H and O–H groups in total. The molecule has 2 aliphatic rings. The molecule has 60 valence electrons. The van der Waals surface area contributed by atoms with Crippen molar-refractivity contribution in [2.24, 2.45) is 5.92 Å². The molecule has 0 aliphatic heterocycles. The highest BCUT2D eigenvalue weighted by atomic mass is 16.4. The molecule has 0 aromatic rings. The molecule has 0 aromatic heterocycles. The Balaban J connectivity index is 1.75. The topological polar surface area (TPSA) is 40.5 Å². The predicted molar refractivity (Wildman–Crippen MR) is 44.0 cm³/mol. The lowest BCUT2D eigenvalue weighted by Gasteiger charge is -2.29. The van der Waals surface area contributed by atoms with Gasteiger partial charge in [-0.15, -0.1) is 0 Å². The average molecular weight is 152 g/mol. The lowest BCUT2D eigenvalue weighted by Crippen LogP contribution is -2.23. The Labute approximate surface area is 67.1 Å². The fraction of sp³-hybridized carbons (Fsp3) is 0.750. The summed E-state index contributed by atoms with van der Waals surface area (Å²) in [5, 5.41) is 17.3. The molecule has 0 unspecified atom stereocenters. The molecule has 2 saturated carbocycles. The van der Waals surface area contributed by atoms with E-state index in [1.807, 2.05) is 0 Å². The summed E-state index contributed by atoms with van der Waals surface area (Å²) >= 11 is 0. The fourth-order valence-corrected chi connectivity index (χ4v) is 1.81. The van der Waals surface area contributed by atoms with Crippen LogP contribution in [0.5, 0.6) is 0 Å². The molecule has 0 saturated heterocycles. The highest BCUT2D eigenvalue weighted by molar-refractivity contribution is 6.41. The minimum absolute atomic E-state index is 0.554. The molecule has 0 bridgehead atoms. The molecular weight excluding hydrogens is 139 g/mol. The van der Waals surface area contributed by atoms with Gasteiger partial charge in [0.15, 0.2) is 0 Å². The quantitative estimate of drug-likeness (QED) is 0.457. The summed E-state index contributed by atoms with van der Waals surface area (Å²) < 4.78 is 0. The van der Waals surface area contributed by atoms with Crippen molar-refractivity contribution in [2.45, 2.75) is 32.0 Å². The van der Waals surface area contributed by atoms with Crippen molar-refractivity contribution >= 4 is 7.12 Å². The minimum atomic E-state index is -1.09. The van der Waals surface area contributed by atoms with Gasteiger partial charge < -0.3 is 10.0 Å². The first-order valence-electron chi connectivity index (χ1n) is 4.31. The summed E-state index contributed by atoms with van der Waals surface area (Å²) in [5.41, 5.74) is 3.25. The first kappa shape index (κ1) is 7.38. The van der Waals surface area contributed by atoms with Gasteiger partial charge in [-0.05, 0) is 37.9 Å². The van der Waals surface area contributed by atoms with Crippen molar-refractivity contribution in [2.75, 3.05) is 0 Å². The van der Waals surface area contributed by atoms with Crippen molar-refractivity contribution in [1.29, 1.82) is 0 Å². The van der Waals surface area contributed by atoms with E-state index in [4.69, 9.17) is 10.0 Å². The zero-order valence-electron chi connectivity index (χ0n) is 6.58. The Morgan fingerprint density at radius 2 is 1.82 bits per heavy atom. The summed E-state index contributed by atoms with van der Waals surface area (Å²) in [6.45, 7) is 0. The van der Waals surface area contributed by atoms with E-state index < -0.39 is 7.12 Å². The predicted octanol–water partition coefficient (Wildman–Crippen LogP) is 0.960. The van der Waals surface area contributed by atoms with E-state index >= 15 is 0 Å². The molecule has 0 aromatic carbocycles. The summed E-state index contributed by atoms with van der Waals surface area (Å²) in [7, 11) is -1.09. The van der Waals surface area contributed by atoms with E-state index in [0.29, 0.717) is 12.2 Å². The van der Waals surface area contributed by atoms with Gasteiger partial charge in [0, 0.05) is 0 Å². The maximum absolute atomic E-state index is 8.67. The van der Waals surface area contributed by atoms with Crippen LogP contribution in [0.25, 0.3) is 0 Å². The Bertz CT molecular complexity index is 184. The van der Waals surface area contributed by atoms with E-state index in [-0.39, 0.29) is 0 Å². The molecule has 0 spiro atoms. The second-order valence-electron chi connectivity index (χ2n) is 3.70. The second-order valence-corrected chi connectivity index (χ2v) is 3.70. The van der Waals surface area contributed by atoms with E-state index in [9.17, 15) is 0 Å². The fourth-order valence-electron chi connectivity index (χ4n) is 1.81. The first-order chi connectivity index (χ1) is 5.25. The van der Waals surface area contributed by atoms with Crippen LogP contribution in [0.4, 0.5) is 0 Å². The maximum atomic E-state index is 8.67. The van der Waals surface area contributed by atoms with Crippen molar-refractivity contribution < 1.29 is 10.0 Å². The van der Waals surface area contributed by atoms with Gasteiger partial charge in [0.2, 0.25) is 0 Å². The number of allylic oxidation sites excluding steroid dienone is 2. The van der Waals surface area contributed by atoms with Gasteiger partial charge in [0.25, 0.3) is 0 Å². The number of hydrogen-bond donors (Lipinski definition) is 2. The van der Waals surface area contributed by atoms with Gasteiger partial charge in [-0.2, -0.15) is 0 Å². The molecule has 0 atom stereocenters. The van der Waals surface area contributed by atoms with Crippen LogP contribution in [-0.4, -0.2) is 17.2 Å². The first-order valence-corrected chi connectivity index (χ1v) is 4.31. The van der Waals surface area contributed by atoms with Crippen LogP contribution in [0, 0.1) is 5.92 Å². The van der Waals surface area contributed by atoms with Crippen molar-refractivity contribution in [1.82, 2.24) is 0 Å². The third-order valence-corrected chi connectivity index (χ3v) is 2.61. The molecular formula is C8H13BO2. The third-order valence-electron chi connectivity index (χ3n) is 2.61. The van der Waals surface area contributed by atoms with E-state index in [1.54, 1.807) is 11.1 Å². The maximum Gasteiger partial charge on any atom is 0.451 e. The number of rotatable bonds is 2. The normalized spacial score (nSPS) is 28.4. The van der Waals surface area contributed by atoms with Gasteiger partial charge in [0.05, 0.1) is 0 Å². The van der Waals surface area contributed by atoms with Crippen LogP contribution in [0.15, 0.2) is 11.1 Å². The Hall–Kier alpha value is -0.275. The summed E-state index contributed by atoms with van der Waals surface area (Å²) in [6.07, 6.45) is 5.45. The van der Waals surface area contributed by atoms with Crippen LogP contribution >= 0.6 is 0 Å². The molecule has 3 heteroatoms. The highest BCUT2D eigenvalue weighted by Gasteiger charge is 2.31. The zero-order chi connectivity index (χ0) is 7.84. The summed E-state index contributed by atoms with van der Waals surface area (Å²) in [4.78, 5) is 0. The zero-order valence-corrected chi connectivity index (χ0v) is 6.58. The van der Waals surface area contributed by atoms with Gasteiger partial charge in [-0.1, -0.05) is 11.1 Å². The Morgan fingerprint density at radius 3 is 2.27 bits per heavy atom. The molecule has 0 radical (unpaired) electrons. The van der Waals surface area contributed by atoms with Crippen LogP contribution in [0.1, 0.15) is 25.7 Å². The minimum Gasteiger partial charge on any atom is -0.427 e. The monoisotopic (exact) mass is 152 g/mol. The molecule has 2 rings (SSSR count). The standard InChI is InChI=1S/C8H13BO2/c10-9(11)5-6-3-8(4-6)7-1-2-7/h6,10-11H,1-5H2. The van der Waals surface area contributed by atoms with E-state index in [1.165, 1.54) is 12.8 Å². The lowest BCUT2D eigenvalue weighted by molar-refractivity contribution is 0.361. The van der Waals surface area contributed by atoms with Crippen LogP contribution < -0.4 is 0 Å². The lowest BCUT2D eigenvalue weighted by atomic mass is 9.67. The van der Waals surface area contributed by atoms with Gasteiger partial charge in [-0.3, -0.25) is 0 Å². The average Bonchev–Trinajstić information content (AvgIpc) is 2.58. The molecule has 2 fully saturated rings. The smallest absolute Gasteiger partial charge is 0.427 e. The molecule has 11 heavy (non-hydrogen) atoms. The summed E-state index contributed by atoms with van der Waals surface area (Å²) in [6, 6.07) is 0. The Morgan fingerprint density at radius 1 is 1.18 bits per heavy atom. The summed E-state index contributed by atoms with van der Waals surface area (Å²) in [5.74, 6) is 0.554. The third kappa shape index (κ3) is 1.66. The van der Waals surface area contributed by atoms with Crippen molar-refractivity contribution in [3.8, 4) is 0 Å². The van der Waals surface area contributed by atoms with Crippen LogP contribution in [-0.2, 0) is 0 Å². The SMILES string of the molecule is OB(O)CC1CC(=C2CC2)C1. The van der Waals surface area contributed by atoms with Crippen LogP contribution in [0.2, 0.25) is 6.32 Å². The highest BCUT2D eigenvalue weighted by Crippen LogP contribution is 2.45. The Kier molecular flexibility index (Phi) is 1.78. The largest absolute Gasteiger partial charge is 0.451 e. The van der Waals surface area contributed by atoms with Crippen molar-refractivity contribution in [3.63, 3.8) is 0 Å². The number of hydrogen-bond acceptors (Lipinski definition) is 2. The second kappa shape index (κ2) is 2.65. The van der Waals surface area contributed by atoms with E-state index in [0.717, 1.165) is 12.8 Å². The molecule has 0 heterocycles. The van der Waals surface area contributed by atoms with Crippen molar-refractivity contribution in [3.05, 3.63) is 11.1 Å². The van der Waals surface area contributed by atoms with Gasteiger partial charge in [-0.25, -0.2) is 0 Å². The molecule has 2 aliphatic carbocycles. The molecule has 0 amide bonds. The van der Waals surface area contributed by atoms with Crippen LogP contribution in [0.3, 0.4) is 0 Å². The van der Waals surface area contributed by atoms with Gasteiger partial charge >= 0.3 is 7.12 Å². The molecule has 2 nitrogen and oxygen atoms in total. The van der Waals surface area contributed by atoms with E-state index in [2.05, 4.69) is 0 Å².